The number of hydrogen-bond acceptors (Lipinski definition) is 4. The molecule has 2 heterocycles. The Labute approximate surface area is 248 Å². The monoisotopic (exact) mass is 578 g/mol. The van der Waals surface area contributed by atoms with Gasteiger partial charge in [-0.3, -0.25) is 9.69 Å². The van der Waals surface area contributed by atoms with Crippen LogP contribution in [-0.2, 0) is 17.8 Å². The van der Waals surface area contributed by atoms with Gasteiger partial charge in [0.25, 0.3) is 0 Å². The minimum Gasteiger partial charge on any atom is -0.494 e. The molecular weight excluding hydrogens is 546 g/mol. The highest BCUT2D eigenvalue weighted by molar-refractivity contribution is 6.22. The molecule has 218 valence electrons. The molecular formula is C35H32F2N4O2. The number of amides is 1. The normalized spacial score (nSPS) is 14.2. The van der Waals surface area contributed by atoms with Gasteiger partial charge in [-0.2, -0.15) is 0 Å². The number of halogens is 2. The number of anilines is 1. The lowest BCUT2D eigenvalue weighted by Gasteiger charge is -2.26. The predicted octanol–water partition coefficient (Wildman–Crippen LogP) is 7.49. The maximum atomic E-state index is 13.6. The van der Waals surface area contributed by atoms with Crippen LogP contribution in [0.3, 0.4) is 0 Å². The highest BCUT2D eigenvalue weighted by Gasteiger charge is 2.20. The lowest BCUT2D eigenvalue weighted by Crippen LogP contribution is -2.28. The van der Waals surface area contributed by atoms with Crippen molar-refractivity contribution in [3.63, 3.8) is 0 Å². The van der Waals surface area contributed by atoms with Gasteiger partial charge in [-0.1, -0.05) is 55.0 Å². The molecule has 8 heteroatoms. The Morgan fingerprint density at radius 3 is 2.35 bits per heavy atom. The Balaban J connectivity index is 1.31. The molecule has 6 rings (SSSR count). The zero-order chi connectivity index (χ0) is 29.8. The van der Waals surface area contributed by atoms with Crippen molar-refractivity contribution in [3.05, 3.63) is 125 Å². The van der Waals surface area contributed by atoms with Crippen LogP contribution in [0.5, 0.6) is 5.88 Å². The summed E-state index contributed by atoms with van der Waals surface area (Å²) in [6, 6.07) is 26.5. The van der Waals surface area contributed by atoms with Crippen LogP contribution in [-0.4, -0.2) is 39.7 Å². The van der Waals surface area contributed by atoms with Crippen LogP contribution >= 0.6 is 0 Å². The number of aromatic nitrogens is 1. The van der Waals surface area contributed by atoms with Crippen LogP contribution in [0.1, 0.15) is 41.5 Å². The van der Waals surface area contributed by atoms with Crippen molar-refractivity contribution < 1.29 is 18.7 Å². The third kappa shape index (κ3) is 6.65. The maximum absolute atomic E-state index is 13.6. The van der Waals surface area contributed by atoms with E-state index in [1.807, 2.05) is 42.5 Å². The zero-order valence-electron chi connectivity index (χ0n) is 23.6. The first-order valence-electron chi connectivity index (χ1n) is 14.5. The molecule has 1 aromatic heterocycles. The number of rotatable bonds is 8. The van der Waals surface area contributed by atoms with Crippen molar-refractivity contribution in [3.8, 4) is 5.88 Å². The fraction of sp³-hybridized carbons (Fsp3) is 0.200. The Morgan fingerprint density at radius 1 is 0.860 bits per heavy atom. The van der Waals surface area contributed by atoms with Crippen LogP contribution in [0, 0.1) is 11.6 Å². The standard InChI is InChI=1S/C35H32F2N4O2/c36-29-15-11-24(19-30(29)37)20-32(42)38-27-14-16-31-28(21-27)33(35(43)40-31)34(25-7-3-1-4-8-25)39-26-12-9-23(10-13-26)22-41-17-5-2-6-18-41/h1,3-4,7-16,19,21,40,43H,2,5-6,17-18,20,22H2,(H,38,42). The summed E-state index contributed by atoms with van der Waals surface area (Å²) >= 11 is 0. The SMILES string of the molecule is O=C(Cc1ccc(F)c(F)c1)Nc1ccc2[nH]c(O)c(C(=Nc3ccc(CN4CCCCC4)cc3)c3ccccc3)c2c1. The summed E-state index contributed by atoms with van der Waals surface area (Å²) in [5.41, 5.74) is 5.43. The number of nitrogens with zero attached hydrogens (tertiary/aromatic N) is 2. The molecule has 3 N–H and O–H groups in total. The number of carbonyl (C=O) groups is 1. The Hall–Kier alpha value is -4.82. The summed E-state index contributed by atoms with van der Waals surface area (Å²) in [7, 11) is 0. The number of carbonyl (C=O) groups excluding carboxylic acids is 1. The van der Waals surface area contributed by atoms with E-state index in [9.17, 15) is 18.7 Å². The average molecular weight is 579 g/mol. The molecule has 6 nitrogen and oxygen atoms in total. The number of fused-ring (bicyclic) bond motifs is 1. The number of H-pyrrole nitrogens is 1. The van der Waals surface area contributed by atoms with E-state index in [0.29, 0.717) is 33.4 Å². The summed E-state index contributed by atoms with van der Waals surface area (Å²) in [4.78, 5) is 23.3. The van der Waals surface area contributed by atoms with Gasteiger partial charge in [0.05, 0.1) is 23.4 Å². The average Bonchev–Trinajstić information content (AvgIpc) is 3.34. The van der Waals surface area contributed by atoms with Gasteiger partial charge in [-0.25, -0.2) is 13.8 Å². The van der Waals surface area contributed by atoms with Crippen molar-refractivity contribution >= 4 is 33.9 Å². The predicted molar refractivity (Wildman–Crippen MR) is 166 cm³/mol. The van der Waals surface area contributed by atoms with E-state index >= 15 is 0 Å². The van der Waals surface area contributed by atoms with E-state index in [1.165, 1.54) is 30.9 Å². The van der Waals surface area contributed by atoms with Gasteiger partial charge >= 0.3 is 0 Å². The molecule has 0 saturated carbocycles. The van der Waals surface area contributed by atoms with Gasteiger partial charge in [0.15, 0.2) is 17.5 Å². The molecule has 1 aliphatic heterocycles. The molecule has 1 saturated heterocycles. The van der Waals surface area contributed by atoms with Crippen LogP contribution in [0.25, 0.3) is 10.9 Å². The lowest BCUT2D eigenvalue weighted by atomic mass is 10.0. The van der Waals surface area contributed by atoms with Crippen LogP contribution < -0.4 is 5.32 Å². The van der Waals surface area contributed by atoms with Crippen molar-refractivity contribution in [2.24, 2.45) is 4.99 Å². The highest BCUT2D eigenvalue weighted by Crippen LogP contribution is 2.33. The molecule has 0 atom stereocenters. The second-order valence-corrected chi connectivity index (χ2v) is 10.9. The fourth-order valence-corrected chi connectivity index (χ4v) is 5.58. The van der Waals surface area contributed by atoms with Crippen molar-refractivity contribution in [2.75, 3.05) is 18.4 Å². The zero-order valence-corrected chi connectivity index (χ0v) is 23.6. The molecule has 0 aliphatic carbocycles. The number of aromatic hydroxyl groups is 1. The Bertz CT molecular complexity index is 1780. The first-order valence-corrected chi connectivity index (χ1v) is 14.5. The minimum absolute atomic E-state index is 0.0374. The Kier molecular flexibility index (Phi) is 8.29. The number of piperidine rings is 1. The number of benzene rings is 4. The minimum atomic E-state index is -0.997. The maximum Gasteiger partial charge on any atom is 0.228 e. The number of aromatic amines is 1. The van der Waals surface area contributed by atoms with E-state index in [-0.39, 0.29) is 18.2 Å². The van der Waals surface area contributed by atoms with Gasteiger partial charge in [0.2, 0.25) is 5.91 Å². The van der Waals surface area contributed by atoms with Crippen molar-refractivity contribution in [2.45, 2.75) is 32.2 Å². The van der Waals surface area contributed by atoms with Crippen LogP contribution in [0.2, 0.25) is 0 Å². The molecule has 5 aromatic rings. The number of hydrogen-bond donors (Lipinski definition) is 3. The smallest absolute Gasteiger partial charge is 0.228 e. The van der Waals surface area contributed by atoms with Crippen molar-refractivity contribution in [1.82, 2.24) is 9.88 Å². The third-order valence-corrected chi connectivity index (χ3v) is 7.73. The van der Waals surface area contributed by atoms with Gasteiger partial charge in [-0.05, 0) is 79.5 Å². The van der Waals surface area contributed by atoms with E-state index in [2.05, 4.69) is 27.3 Å². The molecule has 1 aliphatic rings. The summed E-state index contributed by atoms with van der Waals surface area (Å²) < 4.78 is 26.9. The van der Waals surface area contributed by atoms with E-state index in [0.717, 1.165) is 43.0 Å². The van der Waals surface area contributed by atoms with E-state index in [4.69, 9.17) is 4.99 Å². The van der Waals surface area contributed by atoms with Gasteiger partial charge in [0.1, 0.15) is 0 Å². The van der Waals surface area contributed by atoms with E-state index in [1.54, 1.807) is 18.2 Å². The van der Waals surface area contributed by atoms with Crippen LogP contribution in [0.4, 0.5) is 20.2 Å². The van der Waals surface area contributed by atoms with E-state index < -0.39 is 11.6 Å². The molecule has 0 bridgehead atoms. The summed E-state index contributed by atoms with van der Waals surface area (Å²) in [5, 5.41) is 14.6. The first-order chi connectivity index (χ1) is 20.9. The van der Waals surface area contributed by atoms with Crippen molar-refractivity contribution in [1.29, 1.82) is 0 Å². The number of aliphatic imine (C=N–C) groups is 1. The molecule has 1 fully saturated rings. The lowest BCUT2D eigenvalue weighted by molar-refractivity contribution is -0.115. The quantitative estimate of drug-likeness (QED) is 0.167. The second kappa shape index (κ2) is 12.6. The summed E-state index contributed by atoms with van der Waals surface area (Å²) in [6.07, 6.45) is 3.68. The van der Waals surface area contributed by atoms with Crippen LogP contribution in [0.15, 0.2) is 96.0 Å². The van der Waals surface area contributed by atoms with Gasteiger partial charge in [-0.15, -0.1) is 0 Å². The topological polar surface area (TPSA) is 80.7 Å². The molecule has 4 aromatic carbocycles. The van der Waals surface area contributed by atoms with Gasteiger partial charge < -0.3 is 15.4 Å². The summed E-state index contributed by atoms with van der Waals surface area (Å²) in [5.74, 6) is -2.37. The molecule has 1 amide bonds. The number of nitrogens with one attached hydrogen (secondary N) is 2. The highest BCUT2D eigenvalue weighted by atomic mass is 19.2. The molecule has 0 radical (unpaired) electrons. The number of likely N-dealkylation sites (tertiary alicyclic amines) is 1. The third-order valence-electron chi connectivity index (χ3n) is 7.73. The molecule has 0 unspecified atom stereocenters. The molecule has 0 spiro atoms. The Morgan fingerprint density at radius 2 is 1.60 bits per heavy atom. The van der Waals surface area contributed by atoms with Gasteiger partial charge in [0, 0.05) is 28.7 Å². The first kappa shape index (κ1) is 28.3. The summed E-state index contributed by atoms with van der Waals surface area (Å²) in [6.45, 7) is 3.18. The second-order valence-electron chi connectivity index (χ2n) is 10.9. The molecule has 43 heavy (non-hydrogen) atoms. The largest absolute Gasteiger partial charge is 0.494 e. The fourth-order valence-electron chi connectivity index (χ4n) is 5.58.